The molecule has 0 spiro atoms. The van der Waals surface area contributed by atoms with Crippen LogP contribution in [-0.4, -0.2) is 24.7 Å². The normalized spacial score (nSPS) is 18.0. The molecular weight excluding hydrogens is 256 g/mol. The fraction of sp³-hybridized carbons (Fsp3) is 0.600. The van der Waals surface area contributed by atoms with Crippen molar-refractivity contribution < 1.29 is 4.74 Å². The fourth-order valence-corrected chi connectivity index (χ4v) is 3.65. The standard InChI is InChI=1S/C15H24N2OS/c1-18-12-6-7-14(13(16)10-12)17-11-15(19-2)8-4-3-5-9-15/h6-7,10,17H,3-5,8-9,11,16H2,1-2H3. The van der Waals surface area contributed by atoms with E-state index in [0.29, 0.717) is 4.75 Å². The first-order valence-corrected chi connectivity index (χ1v) is 8.14. The molecule has 0 bridgehead atoms. The Morgan fingerprint density at radius 1 is 1.32 bits per heavy atom. The van der Waals surface area contributed by atoms with E-state index < -0.39 is 0 Å². The fourth-order valence-electron chi connectivity index (χ4n) is 2.73. The Hall–Kier alpha value is -1.03. The van der Waals surface area contributed by atoms with Crippen molar-refractivity contribution in [1.82, 2.24) is 0 Å². The van der Waals surface area contributed by atoms with E-state index in [9.17, 15) is 0 Å². The number of rotatable bonds is 5. The summed E-state index contributed by atoms with van der Waals surface area (Å²) in [4.78, 5) is 0. The van der Waals surface area contributed by atoms with Crippen molar-refractivity contribution in [2.24, 2.45) is 0 Å². The van der Waals surface area contributed by atoms with Crippen LogP contribution in [0, 0.1) is 0 Å². The minimum atomic E-state index is 0.380. The van der Waals surface area contributed by atoms with Crippen LogP contribution in [0.5, 0.6) is 5.75 Å². The van der Waals surface area contributed by atoms with Gasteiger partial charge >= 0.3 is 0 Å². The molecule has 1 aliphatic carbocycles. The van der Waals surface area contributed by atoms with E-state index in [4.69, 9.17) is 10.5 Å². The summed E-state index contributed by atoms with van der Waals surface area (Å²) < 4.78 is 5.55. The summed E-state index contributed by atoms with van der Waals surface area (Å²) in [5.74, 6) is 0.806. The van der Waals surface area contributed by atoms with Crippen LogP contribution >= 0.6 is 11.8 Å². The molecule has 0 aromatic heterocycles. The minimum Gasteiger partial charge on any atom is -0.497 e. The van der Waals surface area contributed by atoms with E-state index in [1.807, 2.05) is 30.0 Å². The van der Waals surface area contributed by atoms with Gasteiger partial charge in [0, 0.05) is 17.4 Å². The number of hydrogen-bond acceptors (Lipinski definition) is 4. The third-order valence-electron chi connectivity index (χ3n) is 4.06. The Balaban J connectivity index is 2.01. The van der Waals surface area contributed by atoms with Gasteiger partial charge in [-0.1, -0.05) is 19.3 Å². The maximum Gasteiger partial charge on any atom is 0.121 e. The number of thioether (sulfide) groups is 1. The lowest BCUT2D eigenvalue weighted by molar-refractivity contribution is 0.411. The number of ether oxygens (including phenoxy) is 1. The van der Waals surface area contributed by atoms with Gasteiger partial charge in [-0.25, -0.2) is 0 Å². The molecule has 0 amide bonds. The minimum absolute atomic E-state index is 0.380. The van der Waals surface area contributed by atoms with Gasteiger partial charge in [0.25, 0.3) is 0 Å². The predicted octanol–water partition coefficient (Wildman–Crippen LogP) is 3.76. The largest absolute Gasteiger partial charge is 0.497 e. The Bertz CT molecular complexity index is 417. The van der Waals surface area contributed by atoms with Crippen LogP contribution in [0.1, 0.15) is 32.1 Å². The molecule has 1 aromatic carbocycles. The summed E-state index contributed by atoms with van der Waals surface area (Å²) >= 11 is 2.00. The highest BCUT2D eigenvalue weighted by Gasteiger charge is 2.30. The van der Waals surface area contributed by atoms with E-state index in [1.165, 1.54) is 32.1 Å². The molecule has 0 heterocycles. The van der Waals surface area contributed by atoms with E-state index in [0.717, 1.165) is 23.7 Å². The molecule has 2 rings (SSSR count). The molecule has 0 unspecified atom stereocenters. The lowest BCUT2D eigenvalue weighted by Crippen LogP contribution is -2.35. The summed E-state index contributed by atoms with van der Waals surface area (Å²) in [6.07, 6.45) is 8.91. The maximum atomic E-state index is 6.05. The van der Waals surface area contributed by atoms with E-state index >= 15 is 0 Å². The molecule has 0 aliphatic heterocycles. The van der Waals surface area contributed by atoms with Gasteiger partial charge in [-0.2, -0.15) is 11.8 Å². The monoisotopic (exact) mass is 280 g/mol. The van der Waals surface area contributed by atoms with Gasteiger partial charge in [0.2, 0.25) is 0 Å². The Labute approximate surface area is 120 Å². The number of nitrogen functional groups attached to an aromatic ring is 1. The van der Waals surface area contributed by atoms with Crippen LogP contribution in [0.3, 0.4) is 0 Å². The Kier molecular flexibility index (Phi) is 4.86. The first-order valence-electron chi connectivity index (χ1n) is 6.92. The summed E-state index contributed by atoms with van der Waals surface area (Å²) in [6.45, 7) is 0.991. The Morgan fingerprint density at radius 3 is 2.63 bits per heavy atom. The van der Waals surface area contributed by atoms with E-state index in [2.05, 4.69) is 11.6 Å². The molecule has 1 aromatic rings. The zero-order valence-corrected chi connectivity index (χ0v) is 12.7. The first kappa shape index (κ1) is 14.4. The van der Waals surface area contributed by atoms with Crippen molar-refractivity contribution >= 4 is 23.1 Å². The van der Waals surface area contributed by atoms with Crippen LogP contribution in [0.4, 0.5) is 11.4 Å². The third-order valence-corrected chi connectivity index (χ3v) is 5.48. The van der Waals surface area contributed by atoms with Gasteiger partial charge in [0.05, 0.1) is 18.5 Å². The van der Waals surface area contributed by atoms with Crippen molar-refractivity contribution in [2.75, 3.05) is 31.0 Å². The predicted molar refractivity (Wildman–Crippen MR) is 85.2 cm³/mol. The van der Waals surface area contributed by atoms with Gasteiger partial charge in [-0.3, -0.25) is 0 Å². The zero-order chi connectivity index (χ0) is 13.7. The maximum absolute atomic E-state index is 6.05. The molecular formula is C15H24N2OS. The van der Waals surface area contributed by atoms with Crippen LogP contribution in [0.25, 0.3) is 0 Å². The van der Waals surface area contributed by atoms with Crippen LogP contribution in [-0.2, 0) is 0 Å². The summed E-state index contributed by atoms with van der Waals surface area (Å²) in [5, 5.41) is 3.52. The number of methoxy groups -OCH3 is 1. The average molecular weight is 280 g/mol. The van der Waals surface area contributed by atoms with Crippen molar-refractivity contribution in [3.63, 3.8) is 0 Å². The van der Waals surface area contributed by atoms with E-state index in [1.54, 1.807) is 7.11 Å². The van der Waals surface area contributed by atoms with Gasteiger partial charge in [0.15, 0.2) is 0 Å². The highest BCUT2D eigenvalue weighted by molar-refractivity contribution is 8.00. The SMILES string of the molecule is COc1ccc(NCC2(SC)CCCCC2)c(N)c1. The topological polar surface area (TPSA) is 47.3 Å². The summed E-state index contributed by atoms with van der Waals surface area (Å²) in [6, 6.07) is 5.82. The molecule has 1 aliphatic rings. The quantitative estimate of drug-likeness (QED) is 0.806. The smallest absolute Gasteiger partial charge is 0.121 e. The molecule has 3 N–H and O–H groups in total. The van der Waals surface area contributed by atoms with Crippen LogP contribution < -0.4 is 15.8 Å². The van der Waals surface area contributed by atoms with Crippen molar-refractivity contribution in [3.8, 4) is 5.75 Å². The van der Waals surface area contributed by atoms with Crippen molar-refractivity contribution in [2.45, 2.75) is 36.9 Å². The molecule has 4 heteroatoms. The second-order valence-corrected chi connectivity index (χ2v) is 6.53. The van der Waals surface area contributed by atoms with Crippen molar-refractivity contribution in [3.05, 3.63) is 18.2 Å². The number of benzene rings is 1. The second kappa shape index (κ2) is 6.42. The van der Waals surface area contributed by atoms with Gasteiger partial charge in [0.1, 0.15) is 5.75 Å². The summed E-state index contributed by atoms with van der Waals surface area (Å²) in [7, 11) is 1.66. The zero-order valence-electron chi connectivity index (χ0n) is 11.9. The number of anilines is 2. The molecule has 1 saturated carbocycles. The second-order valence-electron chi connectivity index (χ2n) is 5.25. The van der Waals surface area contributed by atoms with E-state index in [-0.39, 0.29) is 0 Å². The van der Waals surface area contributed by atoms with Gasteiger partial charge in [-0.15, -0.1) is 0 Å². The number of nitrogens with two attached hydrogens (primary N) is 1. The molecule has 1 fully saturated rings. The molecule has 0 atom stereocenters. The molecule has 0 saturated heterocycles. The third kappa shape index (κ3) is 3.50. The molecule has 19 heavy (non-hydrogen) atoms. The van der Waals surface area contributed by atoms with Crippen LogP contribution in [0.15, 0.2) is 18.2 Å². The highest BCUT2D eigenvalue weighted by atomic mass is 32.2. The molecule has 0 radical (unpaired) electrons. The highest BCUT2D eigenvalue weighted by Crippen LogP contribution is 2.39. The first-order chi connectivity index (χ1) is 9.19. The van der Waals surface area contributed by atoms with Crippen LogP contribution in [0.2, 0.25) is 0 Å². The Morgan fingerprint density at radius 2 is 2.05 bits per heavy atom. The molecule has 3 nitrogen and oxygen atoms in total. The lowest BCUT2D eigenvalue weighted by atomic mass is 9.88. The summed E-state index contributed by atoms with van der Waals surface area (Å²) in [5.41, 5.74) is 7.82. The van der Waals surface area contributed by atoms with Gasteiger partial charge < -0.3 is 15.8 Å². The van der Waals surface area contributed by atoms with Gasteiger partial charge in [-0.05, 0) is 31.2 Å². The average Bonchev–Trinajstić information content (AvgIpc) is 2.47. The lowest BCUT2D eigenvalue weighted by Gasteiger charge is -2.36. The number of hydrogen-bond donors (Lipinski definition) is 2. The van der Waals surface area contributed by atoms with Crippen molar-refractivity contribution in [1.29, 1.82) is 0 Å². The molecule has 106 valence electrons. The number of nitrogens with one attached hydrogen (secondary N) is 1.